The van der Waals surface area contributed by atoms with Gasteiger partial charge in [0.2, 0.25) is 0 Å². The van der Waals surface area contributed by atoms with Crippen molar-refractivity contribution in [3.05, 3.63) is 88.4 Å². The van der Waals surface area contributed by atoms with E-state index < -0.39 is 0 Å². The van der Waals surface area contributed by atoms with Gasteiger partial charge in [0.05, 0.1) is 12.0 Å². The number of amides is 1. The Morgan fingerprint density at radius 2 is 1.61 bits per heavy atom. The van der Waals surface area contributed by atoms with Crippen LogP contribution < -0.4 is 5.43 Å². The van der Waals surface area contributed by atoms with E-state index in [9.17, 15) is 9.90 Å². The number of thioether (sulfide) groups is 1. The number of hydrogen-bond acceptors (Lipinski definition) is 6. The highest BCUT2D eigenvalue weighted by Gasteiger charge is 2.17. The predicted octanol–water partition coefficient (Wildman–Crippen LogP) is 5.19. The van der Waals surface area contributed by atoms with E-state index in [1.54, 1.807) is 48.5 Å². The molecule has 166 valence electrons. The Kier molecular flexibility index (Phi) is 7.29. The molecule has 4 rings (SSSR count). The fraction of sp³-hybridized carbons (Fsp3) is 0.0435. The van der Waals surface area contributed by atoms with Crippen LogP contribution in [0.15, 0.2) is 83.1 Å². The molecule has 33 heavy (non-hydrogen) atoms. The second kappa shape index (κ2) is 10.5. The molecule has 0 saturated carbocycles. The fourth-order valence-corrected chi connectivity index (χ4v) is 3.87. The van der Waals surface area contributed by atoms with Gasteiger partial charge in [-0.05, 0) is 78.4 Å². The van der Waals surface area contributed by atoms with Crippen molar-refractivity contribution in [3.63, 3.8) is 0 Å². The quantitative estimate of drug-likeness (QED) is 0.208. The SMILES string of the molecule is O=C(CSc1nnc(-c2ccc(Cl)cc2)n1-c1ccc(Cl)cc1)NN=Cc1ccc(O)cc1. The molecule has 0 aliphatic rings. The third-order valence-corrected chi connectivity index (χ3v) is 5.88. The second-order valence-corrected chi connectivity index (χ2v) is 8.61. The number of phenols is 1. The molecule has 1 heterocycles. The van der Waals surface area contributed by atoms with Crippen molar-refractivity contribution in [1.82, 2.24) is 20.2 Å². The number of carbonyl (C=O) groups is 1. The Morgan fingerprint density at radius 3 is 2.27 bits per heavy atom. The molecule has 0 aliphatic carbocycles. The molecule has 0 radical (unpaired) electrons. The van der Waals surface area contributed by atoms with E-state index in [0.29, 0.717) is 21.0 Å². The van der Waals surface area contributed by atoms with Crippen LogP contribution in [0.4, 0.5) is 0 Å². The number of aromatic hydroxyl groups is 1. The van der Waals surface area contributed by atoms with Gasteiger partial charge < -0.3 is 5.11 Å². The summed E-state index contributed by atoms with van der Waals surface area (Å²) in [4.78, 5) is 12.3. The maximum atomic E-state index is 12.3. The number of aromatic nitrogens is 3. The van der Waals surface area contributed by atoms with Crippen LogP contribution in [-0.2, 0) is 4.79 Å². The van der Waals surface area contributed by atoms with Crippen LogP contribution in [0.5, 0.6) is 5.75 Å². The zero-order valence-corrected chi connectivity index (χ0v) is 19.3. The van der Waals surface area contributed by atoms with E-state index in [1.165, 1.54) is 18.0 Å². The van der Waals surface area contributed by atoms with Crippen molar-refractivity contribution in [2.75, 3.05) is 5.75 Å². The van der Waals surface area contributed by atoms with Crippen LogP contribution >= 0.6 is 35.0 Å². The van der Waals surface area contributed by atoms with Crippen molar-refractivity contribution in [2.45, 2.75) is 5.16 Å². The van der Waals surface area contributed by atoms with Gasteiger partial charge in [-0.25, -0.2) is 5.43 Å². The third kappa shape index (κ3) is 5.92. The lowest BCUT2D eigenvalue weighted by Crippen LogP contribution is -2.20. The van der Waals surface area contributed by atoms with Crippen LogP contribution in [0.1, 0.15) is 5.56 Å². The van der Waals surface area contributed by atoms with Gasteiger partial charge in [-0.2, -0.15) is 5.10 Å². The summed E-state index contributed by atoms with van der Waals surface area (Å²) >= 11 is 13.3. The smallest absolute Gasteiger partial charge is 0.250 e. The lowest BCUT2D eigenvalue weighted by Gasteiger charge is -2.10. The van der Waals surface area contributed by atoms with Crippen molar-refractivity contribution < 1.29 is 9.90 Å². The van der Waals surface area contributed by atoms with Gasteiger partial charge in [-0.1, -0.05) is 35.0 Å². The standard InChI is InChI=1S/C23H17Cl2N5O2S/c24-17-5-3-16(4-6-17)22-28-29-23(30(22)19-9-7-18(25)8-10-19)33-14-21(32)27-26-13-15-1-11-20(31)12-2-15/h1-13,31H,14H2,(H,27,32). The lowest BCUT2D eigenvalue weighted by atomic mass is 10.2. The Balaban J connectivity index is 1.51. The average molecular weight is 498 g/mol. The highest BCUT2D eigenvalue weighted by molar-refractivity contribution is 7.99. The van der Waals surface area contributed by atoms with Crippen LogP contribution in [0.25, 0.3) is 17.1 Å². The maximum Gasteiger partial charge on any atom is 0.250 e. The molecular formula is C23H17Cl2N5O2S. The number of nitrogens with one attached hydrogen (secondary N) is 1. The van der Waals surface area contributed by atoms with Gasteiger partial charge in [0.15, 0.2) is 11.0 Å². The van der Waals surface area contributed by atoms with Gasteiger partial charge in [0.1, 0.15) is 5.75 Å². The van der Waals surface area contributed by atoms with E-state index in [0.717, 1.165) is 16.8 Å². The van der Waals surface area contributed by atoms with Crippen LogP contribution in [0.2, 0.25) is 10.0 Å². The summed E-state index contributed by atoms with van der Waals surface area (Å²) in [6, 6.07) is 21.0. The number of hydrazone groups is 1. The first-order chi connectivity index (χ1) is 16.0. The van der Waals surface area contributed by atoms with E-state index >= 15 is 0 Å². The molecular weight excluding hydrogens is 481 g/mol. The molecule has 2 N–H and O–H groups in total. The van der Waals surface area contributed by atoms with Crippen LogP contribution in [0, 0.1) is 0 Å². The number of hydrogen-bond donors (Lipinski definition) is 2. The molecule has 0 bridgehead atoms. The average Bonchev–Trinajstić information content (AvgIpc) is 3.24. The molecule has 1 aromatic heterocycles. The Bertz CT molecular complexity index is 1270. The van der Waals surface area contributed by atoms with E-state index in [-0.39, 0.29) is 17.4 Å². The normalized spacial score (nSPS) is 11.1. The summed E-state index contributed by atoms with van der Waals surface area (Å²) in [6.07, 6.45) is 1.50. The zero-order valence-electron chi connectivity index (χ0n) is 17.0. The van der Waals surface area contributed by atoms with Gasteiger partial charge >= 0.3 is 0 Å². The Labute approximate surface area is 204 Å². The number of nitrogens with zero attached hydrogens (tertiary/aromatic N) is 4. The summed E-state index contributed by atoms with van der Waals surface area (Å²) in [6.45, 7) is 0. The second-order valence-electron chi connectivity index (χ2n) is 6.80. The molecule has 0 unspecified atom stereocenters. The minimum atomic E-state index is -0.297. The number of carbonyl (C=O) groups excluding carboxylic acids is 1. The first-order valence-corrected chi connectivity index (χ1v) is 11.4. The topological polar surface area (TPSA) is 92.4 Å². The monoisotopic (exact) mass is 497 g/mol. The molecule has 4 aromatic rings. The number of halogens is 2. The number of rotatable bonds is 7. The summed E-state index contributed by atoms with van der Waals surface area (Å²) in [5, 5.41) is 23.7. The first kappa shape index (κ1) is 22.8. The Morgan fingerprint density at radius 1 is 0.970 bits per heavy atom. The molecule has 0 saturated heterocycles. The molecule has 0 spiro atoms. The largest absolute Gasteiger partial charge is 0.508 e. The summed E-state index contributed by atoms with van der Waals surface area (Å²) in [7, 11) is 0. The van der Waals surface area contributed by atoms with Crippen molar-refractivity contribution in [3.8, 4) is 22.8 Å². The predicted molar refractivity (Wildman–Crippen MR) is 131 cm³/mol. The van der Waals surface area contributed by atoms with Crippen molar-refractivity contribution in [1.29, 1.82) is 0 Å². The molecule has 1 amide bonds. The highest BCUT2D eigenvalue weighted by atomic mass is 35.5. The first-order valence-electron chi connectivity index (χ1n) is 9.70. The van der Waals surface area contributed by atoms with Gasteiger partial charge in [-0.15, -0.1) is 10.2 Å². The van der Waals surface area contributed by atoms with Crippen LogP contribution in [-0.4, -0.2) is 37.7 Å². The summed E-state index contributed by atoms with van der Waals surface area (Å²) in [5.41, 5.74) is 4.87. The van der Waals surface area contributed by atoms with E-state index in [1.807, 2.05) is 28.8 Å². The minimum Gasteiger partial charge on any atom is -0.508 e. The molecule has 0 atom stereocenters. The third-order valence-electron chi connectivity index (χ3n) is 4.45. The van der Waals surface area contributed by atoms with Gasteiger partial charge in [0.25, 0.3) is 5.91 Å². The van der Waals surface area contributed by atoms with Crippen molar-refractivity contribution in [2.24, 2.45) is 5.10 Å². The van der Waals surface area contributed by atoms with Gasteiger partial charge in [0, 0.05) is 21.3 Å². The maximum absolute atomic E-state index is 12.3. The molecule has 10 heteroatoms. The van der Waals surface area contributed by atoms with Gasteiger partial charge in [-0.3, -0.25) is 9.36 Å². The van der Waals surface area contributed by atoms with Crippen LogP contribution in [0.3, 0.4) is 0 Å². The number of benzene rings is 3. The zero-order chi connectivity index (χ0) is 23.2. The van der Waals surface area contributed by atoms with E-state index in [2.05, 4.69) is 20.7 Å². The number of phenolic OH excluding ortho intramolecular Hbond substituents is 1. The molecule has 3 aromatic carbocycles. The highest BCUT2D eigenvalue weighted by Crippen LogP contribution is 2.29. The molecule has 0 aliphatic heterocycles. The fourth-order valence-electron chi connectivity index (χ4n) is 2.87. The van der Waals surface area contributed by atoms with Crippen molar-refractivity contribution >= 4 is 47.1 Å². The Hall–Kier alpha value is -3.33. The lowest BCUT2D eigenvalue weighted by molar-refractivity contribution is -0.118. The van der Waals surface area contributed by atoms with E-state index in [4.69, 9.17) is 23.2 Å². The molecule has 7 nitrogen and oxygen atoms in total. The summed E-state index contributed by atoms with van der Waals surface area (Å²) < 4.78 is 1.86. The summed E-state index contributed by atoms with van der Waals surface area (Å²) in [5.74, 6) is 0.561. The minimum absolute atomic E-state index is 0.0826. The molecule has 0 fully saturated rings.